The fourth-order valence-electron chi connectivity index (χ4n) is 1.02. The molecule has 90 valence electrons. The summed E-state index contributed by atoms with van der Waals surface area (Å²) < 4.78 is 35.5. The van der Waals surface area contributed by atoms with E-state index in [-0.39, 0.29) is 0 Å². The number of hydrogen-bond donors (Lipinski definition) is 4. The van der Waals surface area contributed by atoms with Gasteiger partial charge in [-0.05, 0) is 0 Å². The van der Waals surface area contributed by atoms with Crippen LogP contribution in [0.5, 0.6) is 17.4 Å². The Hall–Kier alpha value is -2.06. The third kappa shape index (κ3) is 1.97. The number of rotatable bonds is 1. The lowest BCUT2D eigenvalue weighted by molar-refractivity contribution is -0.130. The fraction of sp³-hybridized carbons (Fsp3) is 0.286. The van der Waals surface area contributed by atoms with E-state index >= 15 is 0 Å². The number of aromatic hydroxyl groups is 3. The number of alkyl halides is 3. The lowest BCUT2D eigenvalue weighted by Gasteiger charge is -2.13. The smallest absolute Gasteiger partial charge is 0.394 e. The van der Waals surface area contributed by atoms with Gasteiger partial charge in [-0.2, -0.15) is 13.2 Å². The molecule has 6 nitrogen and oxygen atoms in total. The second-order valence-electron chi connectivity index (χ2n) is 2.90. The van der Waals surface area contributed by atoms with E-state index in [4.69, 9.17) is 20.5 Å². The van der Waals surface area contributed by atoms with Crippen LogP contribution in [0.2, 0.25) is 0 Å². The predicted octanol–water partition coefficient (Wildman–Crippen LogP) is 0.307. The molecule has 4 N–H and O–H groups in total. The molecule has 0 bridgehead atoms. The molecule has 0 spiro atoms. The minimum atomic E-state index is -4.81. The number of aromatic nitrogens is 1. The van der Waals surface area contributed by atoms with Crippen molar-refractivity contribution < 1.29 is 33.7 Å². The molecule has 0 amide bonds. The standard InChI is InChI=1S/C7H6F3NO5/c8-7(9,10)1-2-3(12)4(13)5(14)6(15)11(2)16/h12,14-16H,1H2. The van der Waals surface area contributed by atoms with Crippen molar-refractivity contribution in [3.8, 4) is 17.4 Å². The third-order valence-electron chi connectivity index (χ3n) is 1.74. The van der Waals surface area contributed by atoms with Gasteiger partial charge in [-0.3, -0.25) is 4.79 Å². The molecular weight excluding hydrogens is 235 g/mol. The molecule has 0 aliphatic rings. The van der Waals surface area contributed by atoms with Crippen LogP contribution in [-0.4, -0.2) is 31.4 Å². The molecule has 0 aliphatic carbocycles. The van der Waals surface area contributed by atoms with E-state index in [0.29, 0.717) is 0 Å². The van der Waals surface area contributed by atoms with Gasteiger partial charge in [0.1, 0.15) is 5.69 Å². The average Bonchev–Trinajstić information content (AvgIpc) is 2.17. The highest BCUT2D eigenvalue weighted by Crippen LogP contribution is 2.30. The van der Waals surface area contributed by atoms with Gasteiger partial charge >= 0.3 is 6.18 Å². The van der Waals surface area contributed by atoms with Gasteiger partial charge in [0.05, 0.1) is 6.42 Å². The minimum Gasteiger partial charge on any atom is -0.503 e. The molecule has 0 aliphatic heterocycles. The van der Waals surface area contributed by atoms with Gasteiger partial charge in [0.15, 0.2) is 5.75 Å². The van der Waals surface area contributed by atoms with Gasteiger partial charge in [0.2, 0.25) is 5.75 Å². The van der Waals surface area contributed by atoms with Gasteiger partial charge in [-0.15, -0.1) is 4.73 Å². The van der Waals surface area contributed by atoms with Crippen LogP contribution in [0, 0.1) is 0 Å². The number of nitrogens with zero attached hydrogens (tertiary/aromatic N) is 1. The molecule has 0 saturated heterocycles. The first-order valence-corrected chi connectivity index (χ1v) is 3.80. The highest BCUT2D eigenvalue weighted by molar-refractivity contribution is 5.42. The number of hydrogen-bond acceptors (Lipinski definition) is 5. The number of halogens is 3. The number of pyridine rings is 1. The lowest BCUT2D eigenvalue weighted by Crippen LogP contribution is -2.20. The summed E-state index contributed by atoms with van der Waals surface area (Å²) in [6.45, 7) is 0. The monoisotopic (exact) mass is 241 g/mol. The van der Waals surface area contributed by atoms with E-state index in [1.807, 2.05) is 0 Å². The van der Waals surface area contributed by atoms with Crippen LogP contribution >= 0.6 is 0 Å². The molecular formula is C7H6F3NO5. The van der Waals surface area contributed by atoms with Gasteiger partial charge in [-0.25, -0.2) is 0 Å². The van der Waals surface area contributed by atoms with Crippen molar-refractivity contribution >= 4 is 0 Å². The zero-order valence-corrected chi connectivity index (χ0v) is 7.49. The van der Waals surface area contributed by atoms with Crippen molar-refractivity contribution in [2.75, 3.05) is 0 Å². The van der Waals surface area contributed by atoms with E-state index in [1.54, 1.807) is 0 Å². The Kier molecular flexibility index (Phi) is 2.63. The molecule has 1 heterocycles. The lowest BCUT2D eigenvalue weighted by atomic mass is 10.2. The normalized spacial score (nSPS) is 11.7. The first-order chi connectivity index (χ1) is 7.15. The van der Waals surface area contributed by atoms with Gasteiger partial charge in [-0.1, -0.05) is 0 Å². The van der Waals surface area contributed by atoms with Crippen LogP contribution in [0.25, 0.3) is 0 Å². The zero-order chi connectivity index (χ0) is 12.7. The Morgan fingerprint density at radius 1 is 1.12 bits per heavy atom. The third-order valence-corrected chi connectivity index (χ3v) is 1.74. The Balaban J connectivity index is 3.47. The highest BCUT2D eigenvalue weighted by atomic mass is 19.4. The van der Waals surface area contributed by atoms with Crippen molar-refractivity contribution in [1.29, 1.82) is 0 Å². The van der Waals surface area contributed by atoms with E-state index in [2.05, 4.69) is 0 Å². The largest absolute Gasteiger partial charge is 0.503 e. The van der Waals surface area contributed by atoms with Gasteiger partial charge in [0, 0.05) is 0 Å². The minimum absolute atomic E-state index is 0.500. The van der Waals surface area contributed by atoms with Gasteiger partial charge < -0.3 is 20.5 Å². The summed E-state index contributed by atoms with van der Waals surface area (Å²) in [6, 6.07) is 0. The van der Waals surface area contributed by atoms with E-state index in [0.717, 1.165) is 0 Å². The Morgan fingerprint density at radius 2 is 1.62 bits per heavy atom. The van der Waals surface area contributed by atoms with Crippen LogP contribution in [0.3, 0.4) is 0 Å². The second-order valence-corrected chi connectivity index (χ2v) is 2.90. The second kappa shape index (κ2) is 3.51. The summed E-state index contributed by atoms with van der Waals surface area (Å²) in [5, 5.41) is 35.6. The fourth-order valence-corrected chi connectivity index (χ4v) is 1.02. The maximum atomic E-state index is 12.0. The average molecular weight is 241 g/mol. The van der Waals surface area contributed by atoms with Crippen LogP contribution in [0.1, 0.15) is 5.69 Å². The zero-order valence-electron chi connectivity index (χ0n) is 7.49. The summed E-state index contributed by atoms with van der Waals surface area (Å²) in [5.74, 6) is -4.39. The SMILES string of the molecule is O=c1c(O)c(O)n(O)c(CC(F)(F)F)c1O. The summed E-state index contributed by atoms with van der Waals surface area (Å²) in [4.78, 5) is 10.9. The maximum Gasteiger partial charge on any atom is 0.394 e. The Labute approximate surface area is 85.4 Å². The van der Waals surface area contributed by atoms with Crippen LogP contribution in [-0.2, 0) is 6.42 Å². The molecule has 0 radical (unpaired) electrons. The van der Waals surface area contributed by atoms with Gasteiger partial charge in [0.25, 0.3) is 11.3 Å². The quantitative estimate of drug-likeness (QED) is 0.530. The molecule has 0 atom stereocenters. The molecule has 0 saturated carbocycles. The van der Waals surface area contributed by atoms with Crippen LogP contribution in [0.4, 0.5) is 13.2 Å². The molecule has 0 unspecified atom stereocenters. The van der Waals surface area contributed by atoms with Crippen LogP contribution < -0.4 is 5.43 Å². The highest BCUT2D eigenvalue weighted by Gasteiger charge is 2.33. The topological polar surface area (TPSA) is 103 Å². The molecule has 0 aromatic carbocycles. The van der Waals surface area contributed by atoms with E-state index < -0.39 is 45.8 Å². The summed E-state index contributed by atoms with van der Waals surface area (Å²) in [6.07, 6.45) is -6.64. The predicted molar refractivity (Wildman–Crippen MR) is 42.6 cm³/mol. The first-order valence-electron chi connectivity index (χ1n) is 3.80. The van der Waals surface area contributed by atoms with E-state index in [1.165, 1.54) is 0 Å². The Morgan fingerprint density at radius 3 is 2.06 bits per heavy atom. The van der Waals surface area contributed by atoms with Crippen molar-refractivity contribution in [2.45, 2.75) is 12.6 Å². The molecule has 0 fully saturated rings. The van der Waals surface area contributed by atoms with E-state index in [9.17, 15) is 18.0 Å². The van der Waals surface area contributed by atoms with Crippen molar-refractivity contribution in [2.24, 2.45) is 0 Å². The molecule has 1 aromatic heterocycles. The Bertz CT molecular complexity index is 478. The summed E-state index contributed by atoms with van der Waals surface area (Å²) in [7, 11) is 0. The maximum absolute atomic E-state index is 12.0. The first kappa shape index (κ1) is 12.0. The summed E-state index contributed by atoms with van der Waals surface area (Å²) >= 11 is 0. The van der Waals surface area contributed by atoms with Crippen LogP contribution in [0.15, 0.2) is 4.79 Å². The van der Waals surface area contributed by atoms with Crippen molar-refractivity contribution in [3.05, 3.63) is 15.9 Å². The van der Waals surface area contributed by atoms with Crippen molar-refractivity contribution in [3.63, 3.8) is 0 Å². The van der Waals surface area contributed by atoms with Crippen molar-refractivity contribution in [1.82, 2.24) is 4.73 Å². The molecule has 1 aromatic rings. The summed E-state index contributed by atoms with van der Waals surface area (Å²) in [5.41, 5.74) is -2.85. The molecule has 16 heavy (non-hydrogen) atoms. The molecule has 1 rings (SSSR count). The molecule has 9 heteroatoms.